The summed E-state index contributed by atoms with van der Waals surface area (Å²) >= 11 is 0. The number of anilines is 1. The largest absolute Gasteiger partial charge is 0.435 e. The van der Waals surface area contributed by atoms with Crippen LogP contribution in [0.1, 0.15) is 17.3 Å². The normalized spacial score (nSPS) is 11.4. The highest BCUT2D eigenvalue weighted by molar-refractivity contribution is 6.05. The molecule has 0 fully saturated rings. The van der Waals surface area contributed by atoms with Gasteiger partial charge in [0.1, 0.15) is 17.0 Å². The van der Waals surface area contributed by atoms with E-state index in [0.717, 1.165) is 0 Å². The fraction of sp³-hybridized carbons (Fsp3) is 0.0556. The molecule has 1 amide bonds. The van der Waals surface area contributed by atoms with Crippen LogP contribution in [0, 0.1) is 5.82 Å². The molecule has 3 rings (SSSR count). The maximum absolute atomic E-state index is 13.7. The van der Waals surface area contributed by atoms with E-state index in [4.69, 9.17) is 4.42 Å². The highest BCUT2D eigenvalue weighted by atomic mass is 19.1. The number of rotatable bonds is 3. The Labute approximate surface area is 141 Å². The van der Waals surface area contributed by atoms with Gasteiger partial charge in [0, 0.05) is 12.3 Å². The molecule has 0 aliphatic carbocycles. The van der Waals surface area contributed by atoms with Crippen LogP contribution in [0.2, 0.25) is 0 Å². The predicted octanol–water partition coefficient (Wildman–Crippen LogP) is 3.20. The van der Waals surface area contributed by atoms with Gasteiger partial charge in [-0.1, -0.05) is 30.3 Å². The first-order valence-electron chi connectivity index (χ1n) is 7.35. The molecule has 0 unspecified atom stereocenters. The Morgan fingerprint density at radius 1 is 1.12 bits per heavy atom. The van der Waals surface area contributed by atoms with Gasteiger partial charge in [0.05, 0.1) is 5.69 Å². The molecule has 0 saturated heterocycles. The summed E-state index contributed by atoms with van der Waals surface area (Å²) in [6.45, 7) is 1.17. The first-order chi connectivity index (χ1) is 12.0. The molecule has 0 spiro atoms. The van der Waals surface area contributed by atoms with Gasteiger partial charge in [-0.05, 0) is 29.4 Å². The summed E-state index contributed by atoms with van der Waals surface area (Å²) in [6, 6.07) is 14.2. The zero-order valence-corrected chi connectivity index (χ0v) is 13.2. The number of carbonyl (C=O) groups is 2. The fourth-order valence-electron chi connectivity index (χ4n) is 2.16. The number of carbonyl (C=O) groups excluding carboxylic acids is 2. The minimum absolute atomic E-state index is 0.00297. The quantitative estimate of drug-likeness (QED) is 0.586. The Kier molecular flexibility index (Phi) is 4.56. The van der Waals surface area contributed by atoms with E-state index in [1.54, 1.807) is 30.3 Å². The molecule has 0 aliphatic heterocycles. The van der Waals surface area contributed by atoms with Crippen molar-refractivity contribution >= 4 is 28.5 Å². The Balaban J connectivity index is 2.07. The van der Waals surface area contributed by atoms with Crippen molar-refractivity contribution in [3.05, 3.63) is 71.5 Å². The maximum Gasteiger partial charge on any atom is 0.332 e. The van der Waals surface area contributed by atoms with Crippen LogP contribution >= 0.6 is 0 Å². The Hall–Kier alpha value is -3.48. The monoisotopic (exact) mass is 340 g/mol. The van der Waals surface area contributed by atoms with Crippen LogP contribution in [0.25, 0.3) is 11.0 Å². The summed E-state index contributed by atoms with van der Waals surface area (Å²) in [5.41, 5.74) is 0.279. The van der Waals surface area contributed by atoms with Gasteiger partial charge in [0.25, 0.3) is 11.5 Å². The lowest BCUT2D eigenvalue weighted by atomic mass is 10.1. The van der Waals surface area contributed by atoms with E-state index in [1.807, 2.05) is 0 Å². The summed E-state index contributed by atoms with van der Waals surface area (Å²) in [4.78, 5) is 28.1. The van der Waals surface area contributed by atoms with Crippen molar-refractivity contribution in [3.8, 4) is 0 Å². The predicted molar refractivity (Wildman–Crippen MR) is 87.9 cm³/mol. The first-order valence-corrected chi connectivity index (χ1v) is 7.35. The molecule has 0 saturated carbocycles. The Bertz CT molecular complexity index is 1030. The van der Waals surface area contributed by atoms with Gasteiger partial charge in [0.15, 0.2) is 0 Å². The first kappa shape index (κ1) is 16.4. The highest BCUT2D eigenvalue weighted by Gasteiger charge is 2.15. The van der Waals surface area contributed by atoms with Crippen molar-refractivity contribution in [3.63, 3.8) is 0 Å². The van der Waals surface area contributed by atoms with Crippen LogP contribution in [-0.4, -0.2) is 11.9 Å². The van der Waals surface area contributed by atoms with Crippen LogP contribution in [-0.2, 0) is 9.63 Å². The molecule has 0 aliphatic rings. The maximum atomic E-state index is 13.7. The van der Waals surface area contributed by atoms with Crippen LogP contribution in [0.15, 0.2) is 64.2 Å². The lowest BCUT2D eigenvalue weighted by molar-refractivity contribution is -0.141. The minimum atomic E-state index is -0.663. The molecule has 1 N–H and O–H groups in total. The van der Waals surface area contributed by atoms with E-state index in [9.17, 15) is 14.0 Å². The third-order valence-electron chi connectivity index (χ3n) is 3.28. The second-order valence-electron chi connectivity index (χ2n) is 5.11. The number of halogens is 1. The molecule has 0 atom stereocenters. The number of nitrogens with zero attached hydrogens (tertiary/aromatic N) is 1. The van der Waals surface area contributed by atoms with Gasteiger partial charge < -0.3 is 14.6 Å². The summed E-state index contributed by atoms with van der Waals surface area (Å²) in [6.07, 6.45) is 0. The van der Waals surface area contributed by atoms with Gasteiger partial charge in [-0.25, -0.2) is 9.18 Å². The van der Waals surface area contributed by atoms with Crippen molar-refractivity contribution in [2.24, 2.45) is 5.16 Å². The van der Waals surface area contributed by atoms with E-state index < -0.39 is 17.7 Å². The molecule has 0 radical (unpaired) electrons. The molecule has 2 aromatic carbocycles. The smallest absolute Gasteiger partial charge is 0.332 e. The van der Waals surface area contributed by atoms with E-state index >= 15 is 0 Å². The second-order valence-corrected chi connectivity index (χ2v) is 5.11. The minimum Gasteiger partial charge on any atom is -0.435 e. The SMILES string of the molecule is CC(=O)O/N=c1/oc2ccccc2cc1C(=O)Nc1ccccc1F. The third kappa shape index (κ3) is 3.72. The summed E-state index contributed by atoms with van der Waals surface area (Å²) in [7, 11) is 0. The van der Waals surface area contributed by atoms with E-state index in [1.165, 1.54) is 31.2 Å². The van der Waals surface area contributed by atoms with Crippen LogP contribution in [0.4, 0.5) is 10.1 Å². The van der Waals surface area contributed by atoms with Gasteiger partial charge >= 0.3 is 5.97 Å². The van der Waals surface area contributed by atoms with Crippen LogP contribution < -0.4 is 10.9 Å². The third-order valence-corrected chi connectivity index (χ3v) is 3.28. The molecule has 25 heavy (non-hydrogen) atoms. The summed E-state index contributed by atoms with van der Waals surface area (Å²) in [5.74, 6) is -1.89. The summed E-state index contributed by atoms with van der Waals surface area (Å²) < 4.78 is 19.3. The van der Waals surface area contributed by atoms with Gasteiger partial charge in [0.2, 0.25) is 0 Å². The standard InChI is InChI=1S/C18H13FN2O4/c1-11(22)25-21-18-13(10-12-6-2-5-9-16(12)24-18)17(23)20-15-8-4-3-7-14(15)19/h2-10H,1H3,(H,20,23)/b21-18+. The zero-order valence-electron chi connectivity index (χ0n) is 13.2. The number of benzene rings is 2. The van der Waals surface area contributed by atoms with Crippen molar-refractivity contribution in [2.45, 2.75) is 6.92 Å². The number of nitrogens with one attached hydrogen (secondary N) is 1. The highest BCUT2D eigenvalue weighted by Crippen LogP contribution is 2.16. The average Bonchev–Trinajstić information content (AvgIpc) is 2.61. The topological polar surface area (TPSA) is 80.9 Å². The molecule has 0 bridgehead atoms. The van der Waals surface area contributed by atoms with Crippen LogP contribution in [0.3, 0.4) is 0 Å². The number of para-hydroxylation sites is 2. The van der Waals surface area contributed by atoms with Gasteiger partial charge in [-0.3, -0.25) is 4.79 Å². The van der Waals surface area contributed by atoms with Gasteiger partial charge in [-0.15, -0.1) is 0 Å². The van der Waals surface area contributed by atoms with E-state index in [2.05, 4.69) is 15.3 Å². The Morgan fingerprint density at radius 2 is 1.84 bits per heavy atom. The zero-order chi connectivity index (χ0) is 17.8. The van der Waals surface area contributed by atoms with E-state index in [0.29, 0.717) is 11.0 Å². The van der Waals surface area contributed by atoms with E-state index in [-0.39, 0.29) is 16.8 Å². The lowest BCUT2D eigenvalue weighted by Gasteiger charge is -2.07. The molecular weight excluding hydrogens is 327 g/mol. The number of amides is 1. The number of fused-ring (bicyclic) bond motifs is 1. The van der Waals surface area contributed by atoms with Crippen molar-refractivity contribution in [1.82, 2.24) is 0 Å². The fourth-order valence-corrected chi connectivity index (χ4v) is 2.16. The average molecular weight is 340 g/mol. The summed E-state index contributed by atoms with van der Waals surface area (Å²) in [5, 5.41) is 6.66. The molecule has 126 valence electrons. The van der Waals surface area contributed by atoms with Crippen molar-refractivity contribution in [1.29, 1.82) is 0 Å². The molecule has 1 aromatic heterocycles. The molecule has 1 heterocycles. The van der Waals surface area contributed by atoms with Gasteiger partial charge in [-0.2, -0.15) is 0 Å². The van der Waals surface area contributed by atoms with Crippen LogP contribution in [0.5, 0.6) is 0 Å². The number of hydrogen-bond acceptors (Lipinski definition) is 5. The van der Waals surface area contributed by atoms with Crippen molar-refractivity contribution < 1.29 is 23.2 Å². The van der Waals surface area contributed by atoms with Crippen molar-refractivity contribution in [2.75, 3.05) is 5.32 Å². The number of hydrogen-bond donors (Lipinski definition) is 1. The second kappa shape index (κ2) is 6.96. The molecule has 3 aromatic rings. The molecule has 7 heteroatoms. The molecular formula is C18H13FN2O4. The molecule has 6 nitrogen and oxygen atoms in total. The lowest BCUT2D eigenvalue weighted by Crippen LogP contribution is -2.22. The Morgan fingerprint density at radius 3 is 2.60 bits per heavy atom.